The number of aryl methyl sites for hydroxylation is 1. The van der Waals surface area contributed by atoms with Gasteiger partial charge in [-0.25, -0.2) is 0 Å². The maximum absolute atomic E-state index is 13.1. The number of rotatable bonds is 8. The highest BCUT2D eigenvalue weighted by Gasteiger charge is 2.18. The van der Waals surface area contributed by atoms with Crippen LogP contribution in [0.25, 0.3) is 0 Å². The number of thioether (sulfide) groups is 1. The molecule has 0 aliphatic rings. The maximum atomic E-state index is 13.1. The number of methoxy groups -OCH3 is 2. The van der Waals surface area contributed by atoms with E-state index < -0.39 is 0 Å². The molecule has 0 N–H and O–H groups in total. The van der Waals surface area contributed by atoms with Crippen molar-refractivity contribution in [3.8, 4) is 11.5 Å². The van der Waals surface area contributed by atoms with Crippen molar-refractivity contribution in [1.29, 1.82) is 0 Å². The lowest BCUT2D eigenvalue weighted by atomic mass is 10.1. The van der Waals surface area contributed by atoms with E-state index >= 15 is 0 Å². The van der Waals surface area contributed by atoms with Gasteiger partial charge in [0.1, 0.15) is 11.5 Å². The number of amides is 1. The van der Waals surface area contributed by atoms with E-state index in [4.69, 9.17) is 14.0 Å². The van der Waals surface area contributed by atoms with Gasteiger partial charge < -0.3 is 18.9 Å². The monoisotopic (exact) mass is 413 g/mol. The molecule has 7 nitrogen and oxygen atoms in total. The second-order valence-corrected chi connectivity index (χ2v) is 7.37. The normalized spacial score (nSPS) is 10.6. The molecular formula is C21H23N3O4S. The van der Waals surface area contributed by atoms with Crippen LogP contribution in [0.3, 0.4) is 0 Å². The predicted octanol–water partition coefficient (Wildman–Crippen LogP) is 3.96. The van der Waals surface area contributed by atoms with Crippen molar-refractivity contribution in [1.82, 2.24) is 15.0 Å². The van der Waals surface area contributed by atoms with Gasteiger partial charge in [0.15, 0.2) is 5.82 Å². The summed E-state index contributed by atoms with van der Waals surface area (Å²) >= 11 is 1.50. The smallest absolute Gasteiger partial charge is 0.255 e. The third-order valence-corrected chi connectivity index (χ3v) is 5.36. The number of hydrogen-bond donors (Lipinski definition) is 0. The standard InChI is InChI=1S/C21H23N3O4S/c1-14-22-20(23-28-14)13-29-19-8-6-5-7-17(19)21(25)24(2)12-15-9-10-16(26-3)11-18(15)27-4/h5-11H,12-13H2,1-4H3. The average Bonchev–Trinajstić information content (AvgIpc) is 3.17. The molecule has 3 aromatic rings. The molecule has 1 heterocycles. The van der Waals surface area contributed by atoms with E-state index in [0.29, 0.717) is 41.1 Å². The van der Waals surface area contributed by atoms with E-state index in [9.17, 15) is 4.79 Å². The zero-order valence-corrected chi connectivity index (χ0v) is 17.7. The van der Waals surface area contributed by atoms with Crippen LogP contribution in [0.4, 0.5) is 0 Å². The van der Waals surface area contributed by atoms with E-state index in [0.717, 1.165) is 10.5 Å². The molecule has 0 atom stereocenters. The molecular weight excluding hydrogens is 390 g/mol. The fourth-order valence-electron chi connectivity index (χ4n) is 2.83. The molecule has 0 unspecified atom stereocenters. The second kappa shape index (κ2) is 9.47. The largest absolute Gasteiger partial charge is 0.497 e. The summed E-state index contributed by atoms with van der Waals surface area (Å²) in [6.45, 7) is 2.16. The first-order chi connectivity index (χ1) is 14.0. The van der Waals surface area contributed by atoms with Crippen LogP contribution >= 0.6 is 11.8 Å². The zero-order valence-electron chi connectivity index (χ0n) is 16.8. The van der Waals surface area contributed by atoms with Crippen LogP contribution in [-0.4, -0.2) is 42.2 Å². The van der Waals surface area contributed by atoms with Crippen LogP contribution < -0.4 is 9.47 Å². The Morgan fingerprint density at radius 1 is 1.17 bits per heavy atom. The first-order valence-electron chi connectivity index (χ1n) is 8.99. The Bertz CT molecular complexity index is 990. The highest BCUT2D eigenvalue weighted by molar-refractivity contribution is 7.98. The van der Waals surface area contributed by atoms with Crippen molar-refractivity contribution in [3.63, 3.8) is 0 Å². The molecule has 0 aliphatic heterocycles. The highest BCUT2D eigenvalue weighted by Crippen LogP contribution is 2.28. The molecule has 0 saturated carbocycles. The maximum Gasteiger partial charge on any atom is 0.255 e. The lowest BCUT2D eigenvalue weighted by Crippen LogP contribution is -2.26. The van der Waals surface area contributed by atoms with Gasteiger partial charge in [-0.15, -0.1) is 11.8 Å². The van der Waals surface area contributed by atoms with Crippen molar-refractivity contribution < 1.29 is 18.8 Å². The Morgan fingerprint density at radius 3 is 2.66 bits per heavy atom. The predicted molar refractivity (Wildman–Crippen MR) is 110 cm³/mol. The third kappa shape index (κ3) is 5.08. The number of carbonyl (C=O) groups is 1. The lowest BCUT2D eigenvalue weighted by Gasteiger charge is -2.20. The molecule has 1 amide bonds. The minimum absolute atomic E-state index is 0.0738. The Balaban J connectivity index is 1.74. The van der Waals surface area contributed by atoms with Gasteiger partial charge in [-0.1, -0.05) is 17.3 Å². The molecule has 1 aromatic heterocycles. The summed E-state index contributed by atoms with van der Waals surface area (Å²) in [6, 6.07) is 13.1. The summed E-state index contributed by atoms with van der Waals surface area (Å²) in [5.74, 6) is 2.97. The van der Waals surface area contributed by atoms with Gasteiger partial charge in [-0.3, -0.25) is 4.79 Å². The number of nitrogens with zero attached hydrogens (tertiary/aromatic N) is 3. The van der Waals surface area contributed by atoms with Gasteiger partial charge in [0, 0.05) is 37.0 Å². The van der Waals surface area contributed by atoms with Crippen molar-refractivity contribution >= 4 is 17.7 Å². The zero-order chi connectivity index (χ0) is 20.8. The van der Waals surface area contributed by atoms with Crippen molar-refractivity contribution in [2.45, 2.75) is 24.1 Å². The molecule has 0 aliphatic carbocycles. The Morgan fingerprint density at radius 2 is 1.97 bits per heavy atom. The number of benzene rings is 2. The summed E-state index contributed by atoms with van der Waals surface area (Å²) in [5, 5.41) is 3.90. The number of ether oxygens (including phenoxy) is 2. The first kappa shape index (κ1) is 20.7. The van der Waals surface area contributed by atoms with Crippen LogP contribution in [0.1, 0.15) is 27.6 Å². The molecule has 0 bridgehead atoms. The fourth-order valence-corrected chi connectivity index (χ4v) is 3.71. The van der Waals surface area contributed by atoms with Crippen LogP contribution in [-0.2, 0) is 12.3 Å². The molecule has 3 rings (SSSR count). The summed E-state index contributed by atoms with van der Waals surface area (Å²) < 4.78 is 15.7. The molecule has 152 valence electrons. The quantitative estimate of drug-likeness (QED) is 0.517. The van der Waals surface area contributed by atoms with E-state index in [2.05, 4.69) is 10.1 Å². The van der Waals surface area contributed by atoms with Gasteiger partial charge in [0.25, 0.3) is 5.91 Å². The molecule has 0 radical (unpaired) electrons. The van der Waals surface area contributed by atoms with Gasteiger partial charge >= 0.3 is 0 Å². The molecule has 29 heavy (non-hydrogen) atoms. The lowest BCUT2D eigenvalue weighted by molar-refractivity contribution is 0.0781. The first-order valence-corrected chi connectivity index (χ1v) is 9.97. The van der Waals surface area contributed by atoms with E-state index in [1.54, 1.807) is 33.1 Å². The Hall–Kier alpha value is -3.00. The van der Waals surface area contributed by atoms with Gasteiger partial charge in [0.2, 0.25) is 5.89 Å². The van der Waals surface area contributed by atoms with Crippen LogP contribution in [0, 0.1) is 6.92 Å². The second-order valence-electron chi connectivity index (χ2n) is 6.35. The topological polar surface area (TPSA) is 77.7 Å². The summed E-state index contributed by atoms with van der Waals surface area (Å²) in [4.78, 5) is 19.8. The van der Waals surface area contributed by atoms with E-state index in [1.807, 2.05) is 42.5 Å². The van der Waals surface area contributed by atoms with Crippen molar-refractivity contribution in [2.24, 2.45) is 0 Å². The van der Waals surface area contributed by atoms with Gasteiger partial charge in [-0.2, -0.15) is 4.98 Å². The summed E-state index contributed by atoms with van der Waals surface area (Å²) in [5.41, 5.74) is 1.53. The minimum atomic E-state index is -0.0738. The van der Waals surface area contributed by atoms with E-state index in [1.165, 1.54) is 11.8 Å². The van der Waals surface area contributed by atoms with Crippen molar-refractivity contribution in [2.75, 3.05) is 21.3 Å². The SMILES string of the molecule is COc1ccc(CN(C)C(=O)c2ccccc2SCc2noc(C)n2)c(OC)c1. The summed E-state index contributed by atoms with van der Waals surface area (Å²) in [6.07, 6.45) is 0. The molecule has 0 saturated heterocycles. The molecule has 0 fully saturated rings. The molecule has 8 heteroatoms. The minimum Gasteiger partial charge on any atom is -0.497 e. The van der Waals surface area contributed by atoms with E-state index in [-0.39, 0.29) is 5.91 Å². The van der Waals surface area contributed by atoms with Gasteiger partial charge in [-0.05, 0) is 24.3 Å². The Labute approximate surface area is 174 Å². The molecule has 2 aromatic carbocycles. The fraction of sp³-hybridized carbons (Fsp3) is 0.286. The third-order valence-electron chi connectivity index (χ3n) is 4.29. The highest BCUT2D eigenvalue weighted by atomic mass is 32.2. The number of aromatic nitrogens is 2. The van der Waals surface area contributed by atoms with Crippen LogP contribution in [0.15, 0.2) is 51.9 Å². The van der Waals surface area contributed by atoms with Crippen LogP contribution in [0.2, 0.25) is 0 Å². The average molecular weight is 413 g/mol. The van der Waals surface area contributed by atoms with Crippen LogP contribution in [0.5, 0.6) is 11.5 Å². The molecule has 0 spiro atoms. The Kier molecular flexibility index (Phi) is 6.77. The van der Waals surface area contributed by atoms with Gasteiger partial charge in [0.05, 0.1) is 25.5 Å². The number of carbonyl (C=O) groups excluding carboxylic acids is 1. The van der Waals surface area contributed by atoms with Crippen molar-refractivity contribution in [3.05, 3.63) is 65.3 Å². The number of hydrogen-bond acceptors (Lipinski definition) is 7. The summed E-state index contributed by atoms with van der Waals surface area (Å²) in [7, 11) is 4.98.